The minimum atomic E-state index is -5.08. The van der Waals surface area contributed by atoms with Crippen molar-refractivity contribution in [3.63, 3.8) is 0 Å². The van der Waals surface area contributed by atoms with Gasteiger partial charge in [0, 0.05) is 28.7 Å². The minimum absolute atomic E-state index is 0.0537. The molecule has 3 atom stereocenters. The van der Waals surface area contributed by atoms with E-state index in [1.807, 2.05) is 30.3 Å². The highest BCUT2D eigenvalue weighted by Gasteiger charge is 2.50. The van der Waals surface area contributed by atoms with Crippen LogP contribution in [0.5, 0.6) is 11.5 Å². The van der Waals surface area contributed by atoms with Gasteiger partial charge in [-0.1, -0.05) is 12.1 Å². The van der Waals surface area contributed by atoms with Gasteiger partial charge in [-0.05, 0) is 106 Å². The number of carboxylic acid groups (broad SMARTS) is 1. The van der Waals surface area contributed by atoms with Crippen LogP contribution in [-0.2, 0) is 10.2 Å². The Morgan fingerprint density at radius 2 is 1.72 bits per heavy atom. The fourth-order valence-electron chi connectivity index (χ4n) is 6.60. The second kappa shape index (κ2) is 13.8. The number of rotatable bonds is 6. The number of halogens is 3. The second-order valence-electron chi connectivity index (χ2n) is 11.9. The number of carbonyl (C=O) groups excluding carboxylic acids is 1. The van der Waals surface area contributed by atoms with E-state index in [2.05, 4.69) is 59.8 Å². The van der Waals surface area contributed by atoms with Crippen LogP contribution >= 0.6 is 11.3 Å². The highest BCUT2D eigenvalue weighted by Crippen LogP contribution is 2.50. The van der Waals surface area contributed by atoms with Gasteiger partial charge in [-0.2, -0.15) is 13.2 Å². The lowest BCUT2D eigenvalue weighted by molar-refractivity contribution is -0.192. The van der Waals surface area contributed by atoms with Crippen LogP contribution in [0.1, 0.15) is 36.8 Å². The molecule has 9 nitrogen and oxygen atoms in total. The van der Waals surface area contributed by atoms with Crippen molar-refractivity contribution in [3.8, 4) is 22.1 Å². The predicted molar refractivity (Wildman–Crippen MR) is 176 cm³/mol. The number of urea groups is 1. The number of amides is 2. The molecule has 2 aliphatic rings. The number of anilines is 1. The molecule has 13 heteroatoms. The Bertz CT molecular complexity index is 1750. The lowest BCUT2D eigenvalue weighted by Gasteiger charge is -2.45. The van der Waals surface area contributed by atoms with Gasteiger partial charge in [0.05, 0.1) is 24.4 Å². The molecule has 2 fully saturated rings. The summed E-state index contributed by atoms with van der Waals surface area (Å²) in [6, 6.07) is 20.9. The van der Waals surface area contributed by atoms with Gasteiger partial charge in [0.25, 0.3) is 0 Å². The number of nitrogens with one attached hydrogen (secondary N) is 2. The normalized spacial score (nSPS) is 20.9. The Kier molecular flexibility index (Phi) is 9.97. The van der Waals surface area contributed by atoms with Gasteiger partial charge in [-0.3, -0.25) is 0 Å². The van der Waals surface area contributed by atoms with Crippen molar-refractivity contribution in [1.29, 1.82) is 0 Å². The maximum atomic E-state index is 13.0. The lowest BCUT2D eigenvalue weighted by Crippen LogP contribution is -2.52. The van der Waals surface area contributed by atoms with Gasteiger partial charge in [0.1, 0.15) is 5.01 Å². The molecule has 1 aromatic heterocycles. The number of carbonyl (C=O) groups is 2. The molecular formula is C34H37F3N4O5S. The summed E-state index contributed by atoms with van der Waals surface area (Å²) in [7, 11) is 5.55. The summed E-state index contributed by atoms with van der Waals surface area (Å²) in [4.78, 5) is 29.1. The lowest BCUT2D eigenvalue weighted by atomic mass is 9.65. The Hall–Kier alpha value is -4.36. The fraction of sp³-hybridized carbons (Fsp3) is 0.382. The summed E-state index contributed by atoms with van der Waals surface area (Å²) in [5, 5.41) is 14.4. The van der Waals surface area contributed by atoms with E-state index >= 15 is 0 Å². The number of likely N-dealkylation sites (N-methyl/N-ethyl adjacent to an activating group) is 1. The van der Waals surface area contributed by atoms with Crippen LogP contribution < -0.4 is 20.1 Å². The first-order valence-corrected chi connectivity index (χ1v) is 15.9. The summed E-state index contributed by atoms with van der Waals surface area (Å²) >= 11 is 1.69. The SMILES string of the molecule is COc1ccc(C23CCC(NC(=O)Nc4ccc(-c5nc6ccc(C)cc6s5)cc4)CC2N(C)CC3)cc1OC.O=C(O)C(F)(F)F. The van der Waals surface area contributed by atoms with Crippen molar-refractivity contribution in [2.45, 2.75) is 56.3 Å². The van der Waals surface area contributed by atoms with Crippen molar-refractivity contribution in [3.05, 3.63) is 71.8 Å². The molecule has 6 rings (SSSR count). The van der Waals surface area contributed by atoms with Gasteiger partial charge in [-0.15, -0.1) is 11.3 Å². The van der Waals surface area contributed by atoms with Crippen LogP contribution in [0.2, 0.25) is 0 Å². The molecule has 3 aromatic carbocycles. The first kappa shape index (κ1) is 34.0. The van der Waals surface area contributed by atoms with E-state index in [0.29, 0.717) is 6.04 Å². The van der Waals surface area contributed by atoms with Crippen molar-refractivity contribution < 1.29 is 37.3 Å². The highest BCUT2D eigenvalue weighted by atomic mass is 32.1. The minimum Gasteiger partial charge on any atom is -0.493 e. The number of methoxy groups -OCH3 is 2. The smallest absolute Gasteiger partial charge is 0.490 e. The zero-order chi connectivity index (χ0) is 33.9. The Labute approximate surface area is 274 Å². The van der Waals surface area contributed by atoms with E-state index in [0.717, 1.165) is 65.5 Å². The molecule has 1 aliphatic carbocycles. The molecule has 4 aromatic rings. The first-order chi connectivity index (χ1) is 22.3. The van der Waals surface area contributed by atoms with Crippen LogP contribution in [-0.4, -0.2) is 73.1 Å². The number of fused-ring (bicyclic) bond motifs is 2. The molecule has 1 saturated carbocycles. The first-order valence-electron chi connectivity index (χ1n) is 15.1. The maximum absolute atomic E-state index is 13.0. The average Bonchev–Trinajstić information content (AvgIpc) is 3.62. The number of hydrogen-bond acceptors (Lipinski definition) is 7. The Morgan fingerprint density at radius 3 is 2.38 bits per heavy atom. The number of hydrogen-bond donors (Lipinski definition) is 3. The monoisotopic (exact) mass is 670 g/mol. The number of aryl methyl sites for hydroxylation is 1. The molecule has 1 saturated heterocycles. The zero-order valence-corrected chi connectivity index (χ0v) is 27.3. The zero-order valence-electron chi connectivity index (χ0n) is 26.5. The number of thiazole rings is 1. The molecule has 2 heterocycles. The summed E-state index contributed by atoms with van der Waals surface area (Å²) in [5.41, 5.74) is 5.42. The van der Waals surface area contributed by atoms with Crippen molar-refractivity contribution in [2.24, 2.45) is 0 Å². The molecule has 1 aliphatic heterocycles. The highest BCUT2D eigenvalue weighted by molar-refractivity contribution is 7.21. The van der Waals surface area contributed by atoms with Crippen LogP contribution in [0.25, 0.3) is 20.8 Å². The fourth-order valence-corrected chi connectivity index (χ4v) is 7.67. The van der Waals surface area contributed by atoms with Gasteiger partial charge in [0.15, 0.2) is 11.5 Å². The summed E-state index contributed by atoms with van der Waals surface area (Å²) in [5.74, 6) is -1.24. The van der Waals surface area contributed by atoms with Crippen LogP contribution in [0, 0.1) is 6.92 Å². The van der Waals surface area contributed by atoms with E-state index in [1.165, 1.54) is 15.8 Å². The van der Waals surface area contributed by atoms with Gasteiger partial charge in [-0.25, -0.2) is 14.6 Å². The van der Waals surface area contributed by atoms with E-state index in [-0.39, 0.29) is 17.5 Å². The molecule has 0 bridgehead atoms. The molecule has 3 unspecified atom stereocenters. The number of ether oxygens (including phenoxy) is 2. The summed E-state index contributed by atoms with van der Waals surface area (Å²) in [6.07, 6.45) is -1.13. The van der Waals surface area contributed by atoms with Gasteiger partial charge < -0.3 is 30.1 Å². The number of aliphatic carboxylic acids is 1. The second-order valence-corrected chi connectivity index (χ2v) is 12.9. The van der Waals surface area contributed by atoms with E-state index < -0.39 is 12.1 Å². The topological polar surface area (TPSA) is 113 Å². The molecule has 2 amide bonds. The maximum Gasteiger partial charge on any atom is 0.490 e. The molecular weight excluding hydrogens is 633 g/mol. The summed E-state index contributed by atoms with van der Waals surface area (Å²) in [6.45, 7) is 3.14. The van der Waals surface area contributed by atoms with Crippen LogP contribution in [0.15, 0.2) is 60.7 Å². The van der Waals surface area contributed by atoms with Crippen molar-refractivity contribution in [1.82, 2.24) is 15.2 Å². The largest absolute Gasteiger partial charge is 0.493 e. The van der Waals surface area contributed by atoms with Crippen LogP contribution in [0.3, 0.4) is 0 Å². The van der Waals surface area contributed by atoms with Gasteiger partial charge >= 0.3 is 18.2 Å². The third kappa shape index (κ3) is 7.46. The molecule has 47 heavy (non-hydrogen) atoms. The summed E-state index contributed by atoms with van der Waals surface area (Å²) < 4.78 is 44.0. The van der Waals surface area contributed by atoms with Crippen molar-refractivity contribution >= 4 is 39.2 Å². The van der Waals surface area contributed by atoms with Gasteiger partial charge in [0.2, 0.25) is 0 Å². The number of nitrogens with zero attached hydrogens (tertiary/aromatic N) is 2. The van der Waals surface area contributed by atoms with Crippen molar-refractivity contribution in [2.75, 3.05) is 33.1 Å². The third-order valence-electron chi connectivity index (χ3n) is 9.00. The average molecular weight is 671 g/mol. The Morgan fingerprint density at radius 1 is 1.02 bits per heavy atom. The Balaban J connectivity index is 0.000000559. The number of likely N-dealkylation sites (tertiary alicyclic amines) is 1. The predicted octanol–water partition coefficient (Wildman–Crippen LogP) is 7.24. The number of carboxylic acids is 1. The number of benzene rings is 3. The molecule has 0 spiro atoms. The van der Waals surface area contributed by atoms with E-state index in [4.69, 9.17) is 24.4 Å². The van der Waals surface area contributed by atoms with E-state index in [9.17, 15) is 18.0 Å². The van der Waals surface area contributed by atoms with Crippen LogP contribution in [0.4, 0.5) is 23.7 Å². The number of aromatic nitrogens is 1. The number of alkyl halides is 3. The quantitative estimate of drug-likeness (QED) is 0.198. The third-order valence-corrected chi connectivity index (χ3v) is 10.1. The molecule has 0 radical (unpaired) electrons. The van der Waals surface area contributed by atoms with E-state index in [1.54, 1.807) is 25.6 Å². The standard InChI is InChI=1S/C32H36N4O3S.C2HF3O2/c1-20-5-11-25-28(17-20)40-30(35-25)21-6-9-23(10-7-21)33-31(37)34-24-13-14-32(15-16-36(2)29(32)19-24)22-8-12-26(38-3)27(18-22)39-4;3-2(4,5)1(6)7/h5-12,17-18,24,29H,13-16,19H2,1-4H3,(H2,33,34,37);(H,6,7). The molecule has 3 N–H and O–H groups in total. The molecule has 250 valence electrons.